The van der Waals surface area contributed by atoms with Crippen LogP contribution in [0.2, 0.25) is 0 Å². The SMILES string of the molecule is CNc1ncnc(NCC2CN(C)CCO2)c1C. The van der Waals surface area contributed by atoms with E-state index in [2.05, 4.69) is 32.5 Å². The van der Waals surface area contributed by atoms with E-state index in [1.54, 1.807) is 6.33 Å². The van der Waals surface area contributed by atoms with Crippen molar-refractivity contribution in [3.05, 3.63) is 11.9 Å². The highest BCUT2D eigenvalue weighted by molar-refractivity contribution is 5.56. The predicted molar refractivity (Wildman–Crippen MR) is 72.0 cm³/mol. The number of morpholine rings is 1. The van der Waals surface area contributed by atoms with E-state index in [1.807, 2.05) is 14.0 Å². The molecular formula is C12H21N5O. The summed E-state index contributed by atoms with van der Waals surface area (Å²) in [5.41, 5.74) is 1.03. The fraction of sp³-hybridized carbons (Fsp3) is 0.667. The molecule has 2 N–H and O–H groups in total. The van der Waals surface area contributed by atoms with Gasteiger partial charge in [0.1, 0.15) is 18.0 Å². The second kappa shape index (κ2) is 5.97. The molecule has 1 aliphatic rings. The molecule has 0 aliphatic carbocycles. The lowest BCUT2D eigenvalue weighted by molar-refractivity contribution is -0.0117. The van der Waals surface area contributed by atoms with Crippen LogP contribution in [0.3, 0.4) is 0 Å². The van der Waals surface area contributed by atoms with Gasteiger partial charge in [0.25, 0.3) is 0 Å². The number of rotatable bonds is 4. The number of hydrogen-bond donors (Lipinski definition) is 2. The molecule has 1 saturated heterocycles. The maximum atomic E-state index is 5.70. The van der Waals surface area contributed by atoms with Gasteiger partial charge in [-0.1, -0.05) is 0 Å². The molecule has 1 aromatic heterocycles. The van der Waals surface area contributed by atoms with Crippen molar-refractivity contribution in [1.82, 2.24) is 14.9 Å². The van der Waals surface area contributed by atoms with Gasteiger partial charge < -0.3 is 20.3 Å². The lowest BCUT2D eigenvalue weighted by Gasteiger charge is -2.30. The molecule has 0 bridgehead atoms. The highest BCUT2D eigenvalue weighted by Gasteiger charge is 2.17. The summed E-state index contributed by atoms with van der Waals surface area (Å²) < 4.78 is 5.70. The van der Waals surface area contributed by atoms with Crippen molar-refractivity contribution in [2.75, 3.05) is 51.0 Å². The summed E-state index contributed by atoms with van der Waals surface area (Å²) in [5, 5.41) is 6.39. The van der Waals surface area contributed by atoms with Gasteiger partial charge in [-0.15, -0.1) is 0 Å². The molecule has 6 nitrogen and oxygen atoms in total. The van der Waals surface area contributed by atoms with Crippen molar-refractivity contribution < 1.29 is 4.74 Å². The van der Waals surface area contributed by atoms with Crippen LogP contribution < -0.4 is 10.6 Å². The average Bonchev–Trinajstić information content (AvgIpc) is 2.38. The van der Waals surface area contributed by atoms with Crippen LogP contribution in [0.15, 0.2) is 6.33 Å². The fourth-order valence-corrected chi connectivity index (χ4v) is 2.08. The summed E-state index contributed by atoms with van der Waals surface area (Å²) >= 11 is 0. The Kier molecular flexibility index (Phi) is 4.33. The van der Waals surface area contributed by atoms with Gasteiger partial charge in [-0.05, 0) is 14.0 Å². The second-order valence-electron chi connectivity index (χ2n) is 4.58. The molecular weight excluding hydrogens is 230 g/mol. The summed E-state index contributed by atoms with van der Waals surface area (Å²) in [6.45, 7) is 5.53. The lowest BCUT2D eigenvalue weighted by Crippen LogP contribution is -2.43. The van der Waals surface area contributed by atoms with Crippen molar-refractivity contribution >= 4 is 11.6 Å². The largest absolute Gasteiger partial charge is 0.374 e. The number of likely N-dealkylation sites (N-methyl/N-ethyl adjacent to an activating group) is 1. The molecule has 6 heteroatoms. The van der Waals surface area contributed by atoms with Gasteiger partial charge in [0.2, 0.25) is 0 Å². The Morgan fingerprint density at radius 2 is 2.22 bits per heavy atom. The Balaban J connectivity index is 1.93. The van der Waals surface area contributed by atoms with E-state index >= 15 is 0 Å². The van der Waals surface area contributed by atoms with Crippen LogP contribution in [0.25, 0.3) is 0 Å². The molecule has 0 radical (unpaired) electrons. The minimum atomic E-state index is 0.219. The van der Waals surface area contributed by atoms with Gasteiger partial charge in [-0.25, -0.2) is 9.97 Å². The number of anilines is 2. The molecule has 1 aliphatic heterocycles. The second-order valence-corrected chi connectivity index (χ2v) is 4.58. The fourth-order valence-electron chi connectivity index (χ4n) is 2.08. The standard InChI is InChI=1S/C12H21N5O/c1-9-11(13-2)15-8-16-12(9)14-6-10-7-17(3)4-5-18-10/h8,10H,4-7H2,1-3H3,(H2,13,14,15,16). The van der Waals surface area contributed by atoms with E-state index < -0.39 is 0 Å². The monoisotopic (exact) mass is 251 g/mol. The van der Waals surface area contributed by atoms with E-state index in [0.717, 1.165) is 43.4 Å². The van der Waals surface area contributed by atoms with Crippen molar-refractivity contribution in [1.29, 1.82) is 0 Å². The van der Waals surface area contributed by atoms with Crippen molar-refractivity contribution in [3.8, 4) is 0 Å². The number of nitrogens with one attached hydrogen (secondary N) is 2. The first-order chi connectivity index (χ1) is 8.70. The number of hydrogen-bond acceptors (Lipinski definition) is 6. The average molecular weight is 251 g/mol. The van der Waals surface area contributed by atoms with Crippen molar-refractivity contribution in [3.63, 3.8) is 0 Å². The van der Waals surface area contributed by atoms with Crippen LogP contribution >= 0.6 is 0 Å². The summed E-state index contributed by atoms with van der Waals surface area (Å²) in [5.74, 6) is 1.72. The Bertz CT molecular complexity index is 398. The van der Waals surface area contributed by atoms with Gasteiger partial charge >= 0.3 is 0 Å². The zero-order valence-electron chi connectivity index (χ0n) is 11.2. The van der Waals surface area contributed by atoms with E-state index in [9.17, 15) is 0 Å². The topological polar surface area (TPSA) is 62.3 Å². The van der Waals surface area contributed by atoms with Gasteiger partial charge in [0.05, 0.1) is 12.7 Å². The van der Waals surface area contributed by atoms with Crippen molar-refractivity contribution in [2.45, 2.75) is 13.0 Å². The third-order valence-corrected chi connectivity index (χ3v) is 3.16. The number of nitrogens with zero attached hydrogens (tertiary/aromatic N) is 3. The minimum Gasteiger partial charge on any atom is -0.374 e. The highest BCUT2D eigenvalue weighted by atomic mass is 16.5. The molecule has 0 saturated carbocycles. The maximum Gasteiger partial charge on any atom is 0.134 e. The maximum absolute atomic E-state index is 5.70. The van der Waals surface area contributed by atoms with Crippen LogP contribution in [0, 0.1) is 6.92 Å². The molecule has 1 unspecified atom stereocenters. The zero-order chi connectivity index (χ0) is 13.0. The quantitative estimate of drug-likeness (QED) is 0.816. The van der Waals surface area contributed by atoms with E-state index in [1.165, 1.54) is 0 Å². The third kappa shape index (κ3) is 3.08. The summed E-state index contributed by atoms with van der Waals surface area (Å²) in [6, 6.07) is 0. The van der Waals surface area contributed by atoms with Gasteiger partial charge in [0.15, 0.2) is 0 Å². The Labute approximate surface area is 108 Å². The van der Waals surface area contributed by atoms with Crippen LogP contribution in [0.4, 0.5) is 11.6 Å². The first-order valence-corrected chi connectivity index (χ1v) is 6.24. The predicted octanol–water partition coefficient (Wildman–Crippen LogP) is 0.569. The molecule has 100 valence electrons. The number of aromatic nitrogens is 2. The van der Waals surface area contributed by atoms with Crippen LogP contribution in [0.1, 0.15) is 5.56 Å². The molecule has 0 aromatic carbocycles. The van der Waals surface area contributed by atoms with Gasteiger partial charge in [-0.3, -0.25) is 0 Å². The van der Waals surface area contributed by atoms with Crippen molar-refractivity contribution in [2.24, 2.45) is 0 Å². The first-order valence-electron chi connectivity index (χ1n) is 6.24. The van der Waals surface area contributed by atoms with E-state index in [-0.39, 0.29) is 6.10 Å². The molecule has 2 rings (SSSR count). The van der Waals surface area contributed by atoms with Crippen LogP contribution in [-0.4, -0.2) is 61.3 Å². The highest BCUT2D eigenvalue weighted by Crippen LogP contribution is 2.17. The van der Waals surface area contributed by atoms with Gasteiger partial charge in [-0.2, -0.15) is 0 Å². The number of ether oxygens (including phenoxy) is 1. The lowest BCUT2D eigenvalue weighted by atomic mass is 10.2. The molecule has 0 spiro atoms. The van der Waals surface area contributed by atoms with Crippen LogP contribution in [-0.2, 0) is 4.74 Å². The normalized spacial score (nSPS) is 20.7. The molecule has 0 amide bonds. The smallest absolute Gasteiger partial charge is 0.134 e. The van der Waals surface area contributed by atoms with E-state index in [4.69, 9.17) is 4.74 Å². The molecule has 1 fully saturated rings. The molecule has 18 heavy (non-hydrogen) atoms. The third-order valence-electron chi connectivity index (χ3n) is 3.16. The zero-order valence-corrected chi connectivity index (χ0v) is 11.2. The Hall–Kier alpha value is -1.40. The Morgan fingerprint density at radius 1 is 1.44 bits per heavy atom. The molecule has 1 aromatic rings. The summed E-state index contributed by atoms with van der Waals surface area (Å²) in [4.78, 5) is 10.7. The summed E-state index contributed by atoms with van der Waals surface area (Å²) in [7, 11) is 3.98. The van der Waals surface area contributed by atoms with Crippen LogP contribution in [0.5, 0.6) is 0 Å². The van der Waals surface area contributed by atoms with E-state index in [0.29, 0.717) is 0 Å². The minimum absolute atomic E-state index is 0.219. The molecule has 2 heterocycles. The van der Waals surface area contributed by atoms with Gasteiger partial charge in [0, 0.05) is 32.2 Å². The molecule has 1 atom stereocenters. The Morgan fingerprint density at radius 3 is 2.94 bits per heavy atom. The first kappa shape index (κ1) is 13.0. The summed E-state index contributed by atoms with van der Waals surface area (Å²) in [6.07, 6.45) is 1.78.